The van der Waals surface area contributed by atoms with E-state index in [0.29, 0.717) is 0 Å². The Morgan fingerprint density at radius 2 is 1.48 bits per heavy atom. The number of rotatable bonds is 5. The number of benzene rings is 3. The van der Waals surface area contributed by atoms with Gasteiger partial charge in [-0.3, -0.25) is 4.79 Å². The molecule has 3 nitrogen and oxygen atoms in total. The molecule has 3 aromatic carbocycles. The lowest BCUT2D eigenvalue weighted by molar-refractivity contribution is -0.122. The van der Waals surface area contributed by atoms with Gasteiger partial charge in [0.2, 0.25) is 5.91 Å². The van der Waals surface area contributed by atoms with E-state index < -0.39 is 0 Å². The molecule has 0 aliphatic heterocycles. The third kappa shape index (κ3) is 3.58. The van der Waals surface area contributed by atoms with Crippen molar-refractivity contribution in [3.05, 3.63) is 106 Å². The second-order valence-corrected chi connectivity index (χ2v) is 7.66. The zero-order chi connectivity index (χ0) is 18.7. The minimum atomic E-state index is -0.264. The number of hydrazone groups is 1. The number of nitrogens with one attached hydrogen (secondary N) is 1. The van der Waals surface area contributed by atoms with Gasteiger partial charge in [-0.25, -0.2) is 5.43 Å². The Morgan fingerprint density at radius 3 is 2.04 bits per heavy atom. The Hall–Kier alpha value is -2.72. The highest BCUT2D eigenvalue weighted by Crippen LogP contribution is 2.58. The lowest BCUT2D eigenvalue weighted by atomic mass is 9.85. The van der Waals surface area contributed by atoms with Crippen molar-refractivity contribution in [2.24, 2.45) is 11.0 Å². The second kappa shape index (κ2) is 7.49. The van der Waals surface area contributed by atoms with Crippen LogP contribution in [0.2, 0.25) is 0 Å². The molecule has 4 heteroatoms. The van der Waals surface area contributed by atoms with Gasteiger partial charge >= 0.3 is 0 Å². The fourth-order valence-corrected chi connectivity index (χ4v) is 3.92. The van der Waals surface area contributed by atoms with E-state index in [4.69, 9.17) is 0 Å². The van der Waals surface area contributed by atoms with Crippen LogP contribution in [-0.2, 0) is 10.2 Å². The minimum absolute atomic E-state index is 0.0453. The van der Waals surface area contributed by atoms with Crippen LogP contribution in [0.25, 0.3) is 0 Å². The summed E-state index contributed by atoms with van der Waals surface area (Å²) in [6, 6.07) is 28.3. The van der Waals surface area contributed by atoms with Crippen LogP contribution in [0, 0.1) is 5.92 Å². The Labute approximate surface area is 167 Å². The average molecular weight is 419 g/mol. The fraction of sp³-hybridized carbons (Fsp3) is 0.130. The van der Waals surface area contributed by atoms with Gasteiger partial charge in [-0.2, -0.15) is 5.10 Å². The van der Waals surface area contributed by atoms with E-state index in [-0.39, 0.29) is 17.2 Å². The molecule has 27 heavy (non-hydrogen) atoms. The molecule has 0 radical (unpaired) electrons. The molecular weight excluding hydrogens is 400 g/mol. The number of nitrogens with zero attached hydrogens (tertiary/aromatic N) is 1. The van der Waals surface area contributed by atoms with Gasteiger partial charge in [-0.15, -0.1) is 0 Å². The Morgan fingerprint density at radius 1 is 0.926 bits per heavy atom. The van der Waals surface area contributed by atoms with Crippen LogP contribution in [0.5, 0.6) is 0 Å². The highest BCUT2D eigenvalue weighted by molar-refractivity contribution is 9.10. The molecule has 1 aliphatic carbocycles. The van der Waals surface area contributed by atoms with Gasteiger partial charge in [-0.05, 0) is 35.2 Å². The Bertz CT molecular complexity index is 913. The quantitative estimate of drug-likeness (QED) is 0.464. The maximum Gasteiger partial charge on any atom is 0.244 e. The maximum atomic E-state index is 12.8. The van der Waals surface area contributed by atoms with Gasteiger partial charge in [0.15, 0.2) is 0 Å². The van der Waals surface area contributed by atoms with E-state index in [1.165, 1.54) is 11.1 Å². The van der Waals surface area contributed by atoms with E-state index in [2.05, 4.69) is 50.7 Å². The summed E-state index contributed by atoms with van der Waals surface area (Å²) < 4.78 is 1.01. The number of carbonyl (C=O) groups excluding carboxylic acids is 1. The van der Waals surface area contributed by atoms with Crippen LogP contribution in [0.1, 0.15) is 23.1 Å². The Balaban J connectivity index is 1.53. The molecule has 1 fully saturated rings. The van der Waals surface area contributed by atoms with Gasteiger partial charge in [-0.1, -0.05) is 88.7 Å². The molecule has 1 N–H and O–H groups in total. The molecule has 0 heterocycles. The van der Waals surface area contributed by atoms with E-state index in [9.17, 15) is 4.79 Å². The van der Waals surface area contributed by atoms with E-state index in [1.807, 2.05) is 60.7 Å². The van der Waals surface area contributed by atoms with Crippen molar-refractivity contribution in [1.82, 2.24) is 5.43 Å². The summed E-state index contributed by atoms with van der Waals surface area (Å²) in [5.41, 5.74) is 5.74. The summed E-state index contributed by atoms with van der Waals surface area (Å²) in [6.07, 6.45) is 2.46. The molecule has 1 saturated carbocycles. The van der Waals surface area contributed by atoms with Crippen molar-refractivity contribution in [1.29, 1.82) is 0 Å². The van der Waals surface area contributed by atoms with Gasteiger partial charge in [0.05, 0.1) is 12.1 Å². The van der Waals surface area contributed by atoms with Crippen molar-refractivity contribution in [2.75, 3.05) is 0 Å². The largest absolute Gasteiger partial charge is 0.273 e. The third-order valence-electron chi connectivity index (χ3n) is 5.11. The van der Waals surface area contributed by atoms with Crippen LogP contribution in [0.15, 0.2) is 94.5 Å². The Kier molecular flexibility index (Phi) is 4.90. The summed E-state index contributed by atoms with van der Waals surface area (Å²) >= 11 is 3.41. The van der Waals surface area contributed by atoms with Gasteiger partial charge < -0.3 is 0 Å². The van der Waals surface area contributed by atoms with Crippen molar-refractivity contribution in [2.45, 2.75) is 11.8 Å². The van der Waals surface area contributed by atoms with Crippen molar-refractivity contribution < 1.29 is 4.79 Å². The number of hydrogen-bond donors (Lipinski definition) is 1. The van der Waals surface area contributed by atoms with E-state index in [0.717, 1.165) is 16.5 Å². The summed E-state index contributed by atoms with van der Waals surface area (Å²) in [6.45, 7) is 0. The van der Waals surface area contributed by atoms with E-state index >= 15 is 0 Å². The molecule has 3 aromatic rings. The average Bonchev–Trinajstić information content (AvgIpc) is 3.48. The summed E-state index contributed by atoms with van der Waals surface area (Å²) in [5, 5.41) is 4.15. The summed E-state index contributed by atoms with van der Waals surface area (Å²) in [5.74, 6) is -0.166. The van der Waals surface area contributed by atoms with Gasteiger partial charge in [0.25, 0.3) is 0 Å². The fourth-order valence-electron chi connectivity index (χ4n) is 3.65. The van der Waals surface area contributed by atoms with Crippen LogP contribution < -0.4 is 5.43 Å². The van der Waals surface area contributed by atoms with Crippen LogP contribution in [0.3, 0.4) is 0 Å². The highest BCUT2D eigenvalue weighted by atomic mass is 79.9. The first kappa shape index (κ1) is 17.7. The molecule has 1 aliphatic rings. The van der Waals surface area contributed by atoms with Crippen molar-refractivity contribution >= 4 is 28.1 Å². The minimum Gasteiger partial charge on any atom is -0.273 e. The molecule has 1 amide bonds. The zero-order valence-corrected chi connectivity index (χ0v) is 16.3. The van der Waals surface area contributed by atoms with Crippen LogP contribution in [0.4, 0.5) is 0 Å². The number of amides is 1. The third-order valence-corrected chi connectivity index (χ3v) is 5.64. The molecular formula is C23H19BrN2O. The highest BCUT2D eigenvalue weighted by Gasteiger charge is 2.60. The van der Waals surface area contributed by atoms with Crippen LogP contribution >= 0.6 is 15.9 Å². The summed E-state index contributed by atoms with van der Waals surface area (Å²) in [4.78, 5) is 12.8. The standard InChI is InChI=1S/C23H19BrN2O/c24-20-13-11-17(12-14-20)16-25-26-22(27)21-15-23(21,18-7-3-1-4-8-18)19-9-5-2-6-10-19/h1-14,16,21H,15H2,(H,26,27)/b25-16+. The predicted molar refractivity (Wildman–Crippen MR) is 112 cm³/mol. The first-order chi connectivity index (χ1) is 13.2. The first-order valence-electron chi connectivity index (χ1n) is 8.90. The smallest absolute Gasteiger partial charge is 0.244 e. The zero-order valence-electron chi connectivity index (χ0n) is 14.7. The molecule has 0 aromatic heterocycles. The molecule has 0 spiro atoms. The first-order valence-corrected chi connectivity index (χ1v) is 9.69. The van der Waals surface area contributed by atoms with E-state index in [1.54, 1.807) is 6.21 Å². The van der Waals surface area contributed by atoms with Crippen molar-refractivity contribution in [3.63, 3.8) is 0 Å². The number of halogens is 1. The molecule has 4 rings (SSSR count). The predicted octanol–water partition coefficient (Wildman–Crippen LogP) is 4.91. The maximum absolute atomic E-state index is 12.8. The van der Waals surface area contributed by atoms with Crippen LogP contribution in [-0.4, -0.2) is 12.1 Å². The number of hydrogen-bond acceptors (Lipinski definition) is 2. The molecule has 134 valence electrons. The monoisotopic (exact) mass is 418 g/mol. The van der Waals surface area contributed by atoms with Crippen molar-refractivity contribution in [3.8, 4) is 0 Å². The molecule has 1 atom stereocenters. The van der Waals surface area contributed by atoms with Gasteiger partial charge in [0.1, 0.15) is 0 Å². The topological polar surface area (TPSA) is 41.5 Å². The normalized spacial score (nSPS) is 17.6. The van der Waals surface area contributed by atoms with Gasteiger partial charge in [0, 0.05) is 9.89 Å². The second-order valence-electron chi connectivity index (χ2n) is 6.75. The SMILES string of the molecule is O=C(N/N=C/c1ccc(Br)cc1)C1CC1(c1ccccc1)c1ccccc1. The molecule has 0 bridgehead atoms. The molecule has 0 saturated heterocycles. The summed E-state index contributed by atoms with van der Waals surface area (Å²) in [7, 11) is 0. The molecule has 1 unspecified atom stereocenters. The number of carbonyl (C=O) groups is 1. The lowest BCUT2D eigenvalue weighted by Gasteiger charge is -2.18. The lowest BCUT2D eigenvalue weighted by Crippen LogP contribution is -2.25.